The average molecular weight is 273 g/mol. The third-order valence-corrected chi connectivity index (χ3v) is 2.69. The summed E-state index contributed by atoms with van der Waals surface area (Å²) >= 11 is 0. The van der Waals surface area contributed by atoms with Crippen LogP contribution in [0.1, 0.15) is 12.0 Å². The van der Waals surface area contributed by atoms with Crippen molar-refractivity contribution in [2.45, 2.75) is 13.0 Å². The van der Waals surface area contributed by atoms with E-state index in [0.717, 1.165) is 36.8 Å². The van der Waals surface area contributed by atoms with Gasteiger partial charge in [0, 0.05) is 45.3 Å². The quantitative estimate of drug-likeness (QED) is 0.716. The summed E-state index contributed by atoms with van der Waals surface area (Å²) in [6, 6.07) is 5.83. The first kappa shape index (κ1) is 14.2. The van der Waals surface area contributed by atoms with Gasteiger partial charge in [-0.2, -0.15) is 0 Å². The predicted octanol–water partition coefficient (Wildman–Crippen LogP) is 1.93. The lowest BCUT2D eigenvalue weighted by Crippen LogP contribution is -2.07. The number of hydrogen-bond acceptors (Lipinski definition) is 6. The van der Waals surface area contributed by atoms with Crippen LogP contribution in [0.25, 0.3) is 0 Å². The number of methoxy groups -OCH3 is 1. The highest BCUT2D eigenvalue weighted by Gasteiger charge is 1.99. The number of anilines is 2. The summed E-state index contributed by atoms with van der Waals surface area (Å²) in [6.07, 6.45) is 6.08. The molecule has 2 N–H and O–H groups in total. The Bertz CT molecular complexity index is 506. The van der Waals surface area contributed by atoms with E-state index in [9.17, 15) is 0 Å². The molecule has 0 unspecified atom stereocenters. The van der Waals surface area contributed by atoms with Crippen LogP contribution >= 0.6 is 0 Å². The molecule has 0 radical (unpaired) electrons. The number of nitrogens with one attached hydrogen (secondary N) is 2. The van der Waals surface area contributed by atoms with Gasteiger partial charge in [0.25, 0.3) is 0 Å². The van der Waals surface area contributed by atoms with E-state index in [2.05, 4.69) is 25.6 Å². The van der Waals surface area contributed by atoms with Crippen LogP contribution in [0.5, 0.6) is 0 Å². The van der Waals surface area contributed by atoms with Crippen LogP contribution in [0.4, 0.5) is 11.6 Å². The topological polar surface area (TPSA) is 72.0 Å². The largest absolute Gasteiger partial charge is 0.385 e. The van der Waals surface area contributed by atoms with E-state index in [0.29, 0.717) is 6.54 Å². The normalized spacial score (nSPS) is 10.2. The molecule has 0 saturated carbocycles. The lowest BCUT2D eigenvalue weighted by molar-refractivity contribution is 0.198. The van der Waals surface area contributed by atoms with Crippen LogP contribution in [0, 0.1) is 0 Å². The molecule has 0 spiro atoms. The maximum Gasteiger partial charge on any atom is 0.131 e. The number of aromatic nitrogens is 3. The van der Waals surface area contributed by atoms with Crippen molar-refractivity contribution in [3.8, 4) is 0 Å². The van der Waals surface area contributed by atoms with Gasteiger partial charge in [-0.3, -0.25) is 4.98 Å². The number of hydrogen-bond donors (Lipinski definition) is 2. The van der Waals surface area contributed by atoms with E-state index in [-0.39, 0.29) is 0 Å². The molecule has 0 aliphatic heterocycles. The minimum atomic E-state index is 0.688. The molecule has 20 heavy (non-hydrogen) atoms. The van der Waals surface area contributed by atoms with E-state index >= 15 is 0 Å². The predicted molar refractivity (Wildman–Crippen MR) is 78.6 cm³/mol. The molecule has 0 fully saturated rings. The summed E-state index contributed by atoms with van der Waals surface area (Å²) in [4.78, 5) is 12.4. The lowest BCUT2D eigenvalue weighted by Gasteiger charge is -2.08. The maximum atomic E-state index is 5.00. The molecule has 0 bridgehead atoms. The zero-order valence-electron chi connectivity index (χ0n) is 11.5. The summed E-state index contributed by atoms with van der Waals surface area (Å²) in [6.45, 7) is 2.26. The molecular weight excluding hydrogens is 254 g/mol. The highest BCUT2D eigenvalue weighted by atomic mass is 16.5. The molecule has 0 atom stereocenters. The number of nitrogens with zero attached hydrogens (tertiary/aromatic N) is 3. The second-order valence-electron chi connectivity index (χ2n) is 4.28. The average Bonchev–Trinajstić information content (AvgIpc) is 2.51. The number of rotatable bonds is 8. The van der Waals surface area contributed by atoms with Crippen molar-refractivity contribution < 1.29 is 4.74 Å². The Morgan fingerprint density at radius 3 is 2.80 bits per heavy atom. The molecule has 2 aromatic heterocycles. The summed E-state index contributed by atoms with van der Waals surface area (Å²) in [7, 11) is 1.70. The third-order valence-electron chi connectivity index (χ3n) is 2.69. The van der Waals surface area contributed by atoms with Gasteiger partial charge in [-0.15, -0.1) is 0 Å². The highest BCUT2D eigenvalue weighted by Crippen LogP contribution is 2.10. The fraction of sp³-hybridized carbons (Fsp3) is 0.357. The Balaban J connectivity index is 1.83. The zero-order valence-corrected chi connectivity index (χ0v) is 11.5. The molecule has 2 rings (SSSR count). The molecule has 2 aromatic rings. The molecule has 106 valence electrons. The van der Waals surface area contributed by atoms with Crippen LogP contribution in [0.2, 0.25) is 0 Å². The van der Waals surface area contributed by atoms with E-state index < -0.39 is 0 Å². The number of pyridine rings is 1. The monoisotopic (exact) mass is 273 g/mol. The minimum Gasteiger partial charge on any atom is -0.385 e. The first-order chi connectivity index (χ1) is 9.88. The SMILES string of the molecule is COCCCNc1cc(NCc2cccnc2)ncn1. The Morgan fingerprint density at radius 1 is 1.20 bits per heavy atom. The summed E-state index contributed by atoms with van der Waals surface area (Å²) in [5, 5.41) is 6.48. The standard InChI is InChI=1S/C14H19N5O/c1-20-7-3-6-16-13-8-14(19-11-18-13)17-10-12-4-2-5-15-9-12/h2,4-5,8-9,11H,3,6-7,10H2,1H3,(H2,16,17,18,19). The number of ether oxygens (including phenoxy) is 1. The van der Waals surface area contributed by atoms with E-state index in [1.54, 1.807) is 19.6 Å². The van der Waals surface area contributed by atoms with Gasteiger partial charge >= 0.3 is 0 Å². The van der Waals surface area contributed by atoms with Crippen molar-refractivity contribution in [3.05, 3.63) is 42.5 Å². The summed E-state index contributed by atoms with van der Waals surface area (Å²) < 4.78 is 5.00. The van der Waals surface area contributed by atoms with Gasteiger partial charge in [-0.25, -0.2) is 9.97 Å². The van der Waals surface area contributed by atoms with Crippen LogP contribution in [-0.2, 0) is 11.3 Å². The molecule has 2 heterocycles. The van der Waals surface area contributed by atoms with Crippen LogP contribution in [0.15, 0.2) is 36.9 Å². The molecule has 6 heteroatoms. The second-order valence-corrected chi connectivity index (χ2v) is 4.28. The smallest absolute Gasteiger partial charge is 0.131 e. The van der Waals surface area contributed by atoms with Crippen LogP contribution in [0.3, 0.4) is 0 Å². The molecule has 6 nitrogen and oxygen atoms in total. The third kappa shape index (κ3) is 4.81. The van der Waals surface area contributed by atoms with Gasteiger partial charge in [0.05, 0.1) is 0 Å². The van der Waals surface area contributed by atoms with Crippen molar-refractivity contribution in [1.82, 2.24) is 15.0 Å². The van der Waals surface area contributed by atoms with Crippen molar-refractivity contribution in [1.29, 1.82) is 0 Å². The van der Waals surface area contributed by atoms with Crippen molar-refractivity contribution >= 4 is 11.6 Å². The molecular formula is C14H19N5O. The van der Waals surface area contributed by atoms with E-state index in [1.165, 1.54) is 0 Å². The Kier molecular flexibility index (Phi) is 5.72. The van der Waals surface area contributed by atoms with Crippen molar-refractivity contribution in [2.24, 2.45) is 0 Å². The molecule has 0 amide bonds. The molecule has 0 aliphatic carbocycles. The Labute approximate surface area is 118 Å². The van der Waals surface area contributed by atoms with E-state index in [4.69, 9.17) is 4.74 Å². The Morgan fingerprint density at radius 2 is 2.05 bits per heavy atom. The van der Waals surface area contributed by atoms with Gasteiger partial charge in [-0.05, 0) is 18.1 Å². The van der Waals surface area contributed by atoms with Gasteiger partial charge in [0.15, 0.2) is 0 Å². The van der Waals surface area contributed by atoms with Gasteiger partial charge in [-0.1, -0.05) is 6.07 Å². The Hall–Kier alpha value is -2.21. The van der Waals surface area contributed by atoms with E-state index in [1.807, 2.05) is 24.4 Å². The maximum absolute atomic E-state index is 5.00. The summed E-state index contributed by atoms with van der Waals surface area (Å²) in [5.74, 6) is 1.60. The van der Waals surface area contributed by atoms with Crippen LogP contribution < -0.4 is 10.6 Å². The fourth-order valence-corrected chi connectivity index (χ4v) is 1.68. The fourth-order valence-electron chi connectivity index (χ4n) is 1.68. The summed E-state index contributed by atoms with van der Waals surface area (Å²) in [5.41, 5.74) is 1.11. The molecule has 0 aliphatic rings. The zero-order chi connectivity index (χ0) is 14.0. The molecule has 0 saturated heterocycles. The van der Waals surface area contributed by atoms with Gasteiger partial charge in [0.2, 0.25) is 0 Å². The second kappa shape index (κ2) is 8.06. The van der Waals surface area contributed by atoms with Gasteiger partial charge < -0.3 is 15.4 Å². The first-order valence-electron chi connectivity index (χ1n) is 6.56. The minimum absolute atomic E-state index is 0.688. The van der Waals surface area contributed by atoms with Crippen LogP contribution in [-0.4, -0.2) is 35.2 Å². The lowest BCUT2D eigenvalue weighted by atomic mass is 10.3. The molecule has 0 aromatic carbocycles. The highest BCUT2D eigenvalue weighted by molar-refractivity contribution is 5.46. The van der Waals surface area contributed by atoms with Crippen molar-refractivity contribution in [3.63, 3.8) is 0 Å². The van der Waals surface area contributed by atoms with Crippen molar-refractivity contribution in [2.75, 3.05) is 30.9 Å². The van der Waals surface area contributed by atoms with Gasteiger partial charge in [0.1, 0.15) is 18.0 Å². The first-order valence-corrected chi connectivity index (χ1v) is 6.56.